The lowest BCUT2D eigenvalue weighted by Crippen LogP contribution is -2.64. The standard InChI is InChI=1S/C29H45N5O/c1-5-30-25-9-7-24(8-10-25)15-16-33-19-20-35-22-29(33)28-21-34(18-17-32(28)6-2)27-13-11-26(12-14-27)31-23(3)4/h7-14,23,28-31H,5-6,15-22H2,1-4H3. The van der Waals surface area contributed by atoms with E-state index < -0.39 is 0 Å². The van der Waals surface area contributed by atoms with Crippen LogP contribution >= 0.6 is 0 Å². The van der Waals surface area contributed by atoms with Crippen molar-refractivity contribution in [2.45, 2.75) is 52.2 Å². The first-order chi connectivity index (χ1) is 17.1. The second-order valence-corrected chi connectivity index (χ2v) is 10.1. The fourth-order valence-corrected chi connectivity index (χ4v) is 5.50. The Morgan fingerprint density at radius 2 is 1.63 bits per heavy atom. The molecule has 0 aliphatic carbocycles. The van der Waals surface area contributed by atoms with E-state index in [-0.39, 0.29) is 0 Å². The molecule has 2 unspecified atom stereocenters. The number of hydrogen-bond acceptors (Lipinski definition) is 6. The zero-order valence-electron chi connectivity index (χ0n) is 22.2. The molecule has 0 bridgehead atoms. The van der Waals surface area contributed by atoms with Gasteiger partial charge in [-0.3, -0.25) is 9.80 Å². The van der Waals surface area contributed by atoms with Crippen molar-refractivity contribution in [2.75, 3.05) is 74.6 Å². The predicted octanol–water partition coefficient (Wildman–Crippen LogP) is 4.39. The minimum absolute atomic E-state index is 0.425. The molecule has 2 saturated heterocycles. The fraction of sp³-hybridized carbons (Fsp3) is 0.586. The van der Waals surface area contributed by atoms with E-state index in [9.17, 15) is 0 Å². The minimum Gasteiger partial charge on any atom is -0.385 e. The molecule has 6 nitrogen and oxygen atoms in total. The van der Waals surface area contributed by atoms with Crippen LogP contribution in [-0.2, 0) is 11.2 Å². The zero-order valence-corrected chi connectivity index (χ0v) is 22.2. The highest BCUT2D eigenvalue weighted by atomic mass is 16.5. The normalized spacial score (nSPS) is 21.9. The largest absolute Gasteiger partial charge is 0.385 e. The maximum absolute atomic E-state index is 6.04. The van der Waals surface area contributed by atoms with Gasteiger partial charge >= 0.3 is 0 Å². The van der Waals surface area contributed by atoms with Crippen molar-refractivity contribution in [1.29, 1.82) is 0 Å². The summed E-state index contributed by atoms with van der Waals surface area (Å²) in [6, 6.07) is 19.3. The number of ether oxygens (including phenoxy) is 1. The van der Waals surface area contributed by atoms with E-state index in [2.05, 4.69) is 102 Å². The Kier molecular flexibility index (Phi) is 9.30. The van der Waals surface area contributed by atoms with Crippen LogP contribution in [0, 0.1) is 0 Å². The number of benzene rings is 2. The molecular weight excluding hydrogens is 434 g/mol. The molecule has 0 aromatic heterocycles. The van der Waals surface area contributed by atoms with Crippen LogP contribution in [0.2, 0.25) is 0 Å². The third kappa shape index (κ3) is 6.90. The van der Waals surface area contributed by atoms with Gasteiger partial charge in [-0.15, -0.1) is 0 Å². The van der Waals surface area contributed by atoms with E-state index in [1.54, 1.807) is 0 Å². The van der Waals surface area contributed by atoms with Gasteiger partial charge in [0.05, 0.1) is 19.3 Å². The van der Waals surface area contributed by atoms with E-state index in [1.165, 1.54) is 22.6 Å². The summed E-state index contributed by atoms with van der Waals surface area (Å²) in [4.78, 5) is 7.93. The number of rotatable bonds is 10. The van der Waals surface area contributed by atoms with Gasteiger partial charge in [-0.2, -0.15) is 0 Å². The first kappa shape index (κ1) is 25.8. The third-order valence-electron chi connectivity index (χ3n) is 7.37. The molecule has 6 heteroatoms. The monoisotopic (exact) mass is 479 g/mol. The zero-order chi connectivity index (χ0) is 24.6. The lowest BCUT2D eigenvalue weighted by atomic mass is 9.99. The number of nitrogens with zero attached hydrogens (tertiary/aromatic N) is 3. The Balaban J connectivity index is 1.42. The third-order valence-corrected chi connectivity index (χ3v) is 7.37. The van der Waals surface area contributed by atoms with E-state index >= 15 is 0 Å². The highest BCUT2D eigenvalue weighted by molar-refractivity contribution is 5.55. The summed E-state index contributed by atoms with van der Waals surface area (Å²) in [6.45, 7) is 17.8. The molecule has 192 valence electrons. The maximum Gasteiger partial charge on any atom is 0.0638 e. The van der Waals surface area contributed by atoms with E-state index in [0.717, 1.165) is 65.4 Å². The quantitative estimate of drug-likeness (QED) is 0.527. The average molecular weight is 480 g/mol. The fourth-order valence-electron chi connectivity index (χ4n) is 5.50. The number of anilines is 3. The van der Waals surface area contributed by atoms with Gasteiger partial charge in [-0.1, -0.05) is 19.1 Å². The number of piperazine rings is 1. The molecule has 2 atom stereocenters. The summed E-state index contributed by atoms with van der Waals surface area (Å²) in [5.74, 6) is 0. The Morgan fingerprint density at radius 1 is 0.886 bits per heavy atom. The number of hydrogen-bond donors (Lipinski definition) is 2. The van der Waals surface area contributed by atoms with Gasteiger partial charge in [-0.05, 0) is 75.7 Å². The molecule has 0 saturated carbocycles. The molecule has 4 rings (SSSR count). The molecule has 2 N–H and O–H groups in total. The second kappa shape index (κ2) is 12.6. The van der Waals surface area contributed by atoms with Crippen LogP contribution in [0.25, 0.3) is 0 Å². The van der Waals surface area contributed by atoms with Crippen molar-refractivity contribution < 1.29 is 4.74 Å². The van der Waals surface area contributed by atoms with Crippen LogP contribution in [0.1, 0.15) is 33.3 Å². The van der Waals surface area contributed by atoms with Gasteiger partial charge in [0.25, 0.3) is 0 Å². The van der Waals surface area contributed by atoms with Crippen molar-refractivity contribution in [1.82, 2.24) is 9.80 Å². The molecule has 2 aromatic rings. The number of likely N-dealkylation sites (N-methyl/N-ethyl adjacent to an activating group) is 1. The molecular formula is C29H45N5O. The van der Waals surface area contributed by atoms with Gasteiger partial charge in [-0.25, -0.2) is 0 Å². The van der Waals surface area contributed by atoms with E-state index in [1.807, 2.05) is 0 Å². The van der Waals surface area contributed by atoms with Crippen LogP contribution in [-0.4, -0.2) is 87.0 Å². The van der Waals surface area contributed by atoms with Crippen molar-refractivity contribution >= 4 is 17.1 Å². The smallest absolute Gasteiger partial charge is 0.0638 e. The van der Waals surface area contributed by atoms with Crippen LogP contribution in [0.3, 0.4) is 0 Å². The molecule has 2 fully saturated rings. The lowest BCUT2D eigenvalue weighted by Gasteiger charge is -2.49. The Bertz CT molecular complexity index is 885. The summed E-state index contributed by atoms with van der Waals surface area (Å²) in [7, 11) is 0. The van der Waals surface area contributed by atoms with Crippen LogP contribution in [0.15, 0.2) is 48.5 Å². The summed E-state index contributed by atoms with van der Waals surface area (Å²) >= 11 is 0. The van der Waals surface area contributed by atoms with Gasteiger partial charge in [0, 0.05) is 68.4 Å². The summed E-state index contributed by atoms with van der Waals surface area (Å²) in [5, 5.41) is 6.89. The Labute approximate surface area is 212 Å². The predicted molar refractivity (Wildman–Crippen MR) is 149 cm³/mol. The second-order valence-electron chi connectivity index (χ2n) is 10.1. The van der Waals surface area contributed by atoms with Crippen molar-refractivity contribution in [3.63, 3.8) is 0 Å². The topological polar surface area (TPSA) is 43.0 Å². The summed E-state index contributed by atoms with van der Waals surface area (Å²) in [6.07, 6.45) is 1.08. The molecule has 2 heterocycles. The van der Waals surface area contributed by atoms with E-state index in [0.29, 0.717) is 18.1 Å². The number of nitrogens with one attached hydrogen (secondary N) is 2. The van der Waals surface area contributed by atoms with Crippen LogP contribution in [0.5, 0.6) is 0 Å². The van der Waals surface area contributed by atoms with Gasteiger partial charge in [0.1, 0.15) is 0 Å². The maximum atomic E-state index is 6.04. The van der Waals surface area contributed by atoms with Gasteiger partial charge in [0.15, 0.2) is 0 Å². The van der Waals surface area contributed by atoms with Crippen molar-refractivity contribution in [2.24, 2.45) is 0 Å². The summed E-state index contributed by atoms with van der Waals surface area (Å²) < 4.78 is 6.04. The molecule has 0 spiro atoms. The van der Waals surface area contributed by atoms with Crippen LogP contribution < -0.4 is 15.5 Å². The molecule has 2 aliphatic rings. The highest BCUT2D eigenvalue weighted by Gasteiger charge is 2.37. The molecule has 2 aliphatic heterocycles. The van der Waals surface area contributed by atoms with Crippen LogP contribution in [0.4, 0.5) is 17.1 Å². The summed E-state index contributed by atoms with van der Waals surface area (Å²) in [5.41, 5.74) is 5.13. The molecule has 0 amide bonds. The molecule has 35 heavy (non-hydrogen) atoms. The van der Waals surface area contributed by atoms with Crippen molar-refractivity contribution in [3.8, 4) is 0 Å². The van der Waals surface area contributed by atoms with Crippen molar-refractivity contribution in [3.05, 3.63) is 54.1 Å². The average Bonchev–Trinajstić information content (AvgIpc) is 2.88. The minimum atomic E-state index is 0.425. The molecule has 0 radical (unpaired) electrons. The number of morpholine rings is 1. The Hall–Kier alpha value is -2.28. The highest BCUT2D eigenvalue weighted by Crippen LogP contribution is 2.26. The lowest BCUT2D eigenvalue weighted by molar-refractivity contribution is -0.0444. The first-order valence-electron chi connectivity index (χ1n) is 13.6. The SMILES string of the molecule is CCNc1ccc(CCN2CCOCC2C2CN(c3ccc(NC(C)C)cc3)CCN2CC)cc1. The van der Waals surface area contributed by atoms with E-state index in [4.69, 9.17) is 4.74 Å². The van der Waals surface area contributed by atoms with Gasteiger partial charge in [0.2, 0.25) is 0 Å². The first-order valence-corrected chi connectivity index (χ1v) is 13.6. The Morgan fingerprint density at radius 3 is 2.31 bits per heavy atom. The molecule has 2 aromatic carbocycles. The van der Waals surface area contributed by atoms with Gasteiger partial charge < -0.3 is 20.3 Å².